The van der Waals surface area contributed by atoms with Crippen molar-refractivity contribution < 1.29 is 17.6 Å². The van der Waals surface area contributed by atoms with Gasteiger partial charge in [0.1, 0.15) is 28.3 Å². The highest BCUT2D eigenvalue weighted by atomic mass is 35.5. The molecule has 0 radical (unpaired) electrons. The van der Waals surface area contributed by atoms with Crippen LogP contribution in [0.25, 0.3) is 33.0 Å². The number of halogens is 5. The van der Waals surface area contributed by atoms with Crippen molar-refractivity contribution in [2.45, 2.75) is 12.8 Å². The predicted molar refractivity (Wildman–Crippen MR) is 118 cm³/mol. The van der Waals surface area contributed by atoms with Gasteiger partial charge in [0.25, 0.3) is 0 Å². The lowest BCUT2D eigenvalue weighted by Crippen LogP contribution is -1.93. The molecule has 0 heterocycles. The summed E-state index contributed by atoms with van der Waals surface area (Å²) < 4.78 is 57.5. The van der Waals surface area contributed by atoms with E-state index in [2.05, 4.69) is 6.58 Å². The van der Waals surface area contributed by atoms with Crippen LogP contribution in [0.5, 0.6) is 0 Å². The average Bonchev–Trinajstić information content (AvgIpc) is 2.76. The lowest BCUT2D eigenvalue weighted by atomic mass is 9.96. The molecule has 0 fully saturated rings. The zero-order chi connectivity index (χ0) is 22.1. The second-order valence-corrected chi connectivity index (χ2v) is 7.64. The first-order chi connectivity index (χ1) is 14.9. The number of aryl methyl sites for hydroxylation is 1. The third-order valence-corrected chi connectivity index (χ3v) is 5.59. The van der Waals surface area contributed by atoms with E-state index in [0.29, 0.717) is 10.9 Å². The van der Waals surface area contributed by atoms with Gasteiger partial charge in [0.2, 0.25) is 0 Å². The van der Waals surface area contributed by atoms with E-state index in [-0.39, 0.29) is 16.7 Å². The predicted octanol–water partition coefficient (Wildman–Crippen LogP) is 8.50. The Morgan fingerprint density at radius 1 is 0.742 bits per heavy atom. The normalized spacial score (nSPS) is 11.1. The second-order valence-electron chi connectivity index (χ2n) is 7.26. The molecule has 0 aromatic heterocycles. The first-order valence-corrected chi connectivity index (χ1v) is 10.0. The van der Waals surface area contributed by atoms with Crippen molar-refractivity contribution in [2.24, 2.45) is 0 Å². The van der Waals surface area contributed by atoms with E-state index in [1.807, 2.05) is 18.2 Å². The van der Waals surface area contributed by atoms with Gasteiger partial charge in [-0.05, 0) is 53.1 Å². The van der Waals surface area contributed by atoms with Gasteiger partial charge < -0.3 is 0 Å². The fourth-order valence-electron chi connectivity index (χ4n) is 3.62. The van der Waals surface area contributed by atoms with E-state index >= 15 is 4.39 Å². The van der Waals surface area contributed by atoms with Crippen LogP contribution in [0, 0.1) is 23.3 Å². The maximum Gasteiger partial charge on any atom is 0.145 e. The lowest BCUT2D eigenvalue weighted by Gasteiger charge is -2.11. The van der Waals surface area contributed by atoms with Crippen LogP contribution in [-0.4, -0.2) is 0 Å². The fourth-order valence-corrected chi connectivity index (χ4v) is 3.73. The minimum Gasteiger partial charge on any atom is -0.206 e. The van der Waals surface area contributed by atoms with Crippen molar-refractivity contribution in [3.8, 4) is 22.3 Å². The summed E-state index contributed by atoms with van der Waals surface area (Å²) in [6, 6.07) is 14.9. The number of benzene rings is 4. The molecular formula is C26H17ClF4. The van der Waals surface area contributed by atoms with Crippen molar-refractivity contribution in [3.63, 3.8) is 0 Å². The summed E-state index contributed by atoms with van der Waals surface area (Å²) in [6.07, 6.45) is 3.49. The number of allylic oxidation sites excluding steroid dienone is 1. The molecule has 0 saturated heterocycles. The van der Waals surface area contributed by atoms with Gasteiger partial charge in [-0.1, -0.05) is 60.1 Å². The Morgan fingerprint density at radius 3 is 2.10 bits per heavy atom. The van der Waals surface area contributed by atoms with Gasteiger partial charge in [-0.3, -0.25) is 0 Å². The van der Waals surface area contributed by atoms with Gasteiger partial charge in [0.15, 0.2) is 0 Å². The molecule has 0 aliphatic rings. The van der Waals surface area contributed by atoms with Crippen molar-refractivity contribution in [2.75, 3.05) is 0 Å². The number of hydrogen-bond donors (Lipinski definition) is 0. The highest BCUT2D eigenvalue weighted by Crippen LogP contribution is 2.34. The minimum atomic E-state index is -0.979. The molecule has 4 aromatic carbocycles. The van der Waals surface area contributed by atoms with E-state index in [0.717, 1.165) is 42.0 Å². The van der Waals surface area contributed by atoms with Gasteiger partial charge in [-0.25, -0.2) is 17.6 Å². The maximum atomic E-state index is 15.2. The highest BCUT2D eigenvalue weighted by Gasteiger charge is 2.15. The van der Waals surface area contributed by atoms with Gasteiger partial charge in [0.05, 0.1) is 0 Å². The summed E-state index contributed by atoms with van der Waals surface area (Å²) in [7, 11) is 0. The molecule has 0 nitrogen and oxygen atoms in total. The maximum absolute atomic E-state index is 15.2. The number of rotatable bonds is 5. The Hall–Kier alpha value is -3.11. The molecule has 5 heteroatoms. The standard InChI is InChI=1S/C26H17ClF4/c1-2-3-4-15-5-8-20-16(11-15)7-10-21(26(20)31)17-6-9-19(22(28)12-17)18-13-23(29)25(27)24(30)14-18/h2,5-14H,1,3-4H2. The Balaban J connectivity index is 1.74. The summed E-state index contributed by atoms with van der Waals surface area (Å²) in [5.41, 5.74) is 1.65. The zero-order valence-corrected chi connectivity index (χ0v) is 17.1. The van der Waals surface area contributed by atoms with Gasteiger partial charge in [0, 0.05) is 16.5 Å². The van der Waals surface area contributed by atoms with Crippen LogP contribution < -0.4 is 0 Å². The first-order valence-electron chi connectivity index (χ1n) is 9.66. The topological polar surface area (TPSA) is 0 Å². The van der Waals surface area contributed by atoms with Gasteiger partial charge in [-0.15, -0.1) is 6.58 Å². The molecule has 4 rings (SSSR count). The van der Waals surface area contributed by atoms with E-state index in [9.17, 15) is 13.2 Å². The molecule has 31 heavy (non-hydrogen) atoms. The number of fused-ring (bicyclic) bond motifs is 1. The molecule has 0 saturated carbocycles. The Labute approximate surface area is 182 Å². The summed E-state index contributed by atoms with van der Waals surface area (Å²) in [5.74, 6) is -3.14. The molecule has 0 N–H and O–H groups in total. The van der Waals surface area contributed by atoms with E-state index in [1.54, 1.807) is 18.2 Å². The van der Waals surface area contributed by atoms with Gasteiger partial charge in [-0.2, -0.15) is 0 Å². The molecule has 0 aliphatic heterocycles. The van der Waals surface area contributed by atoms with Crippen LogP contribution in [0.1, 0.15) is 12.0 Å². The van der Waals surface area contributed by atoms with E-state index in [4.69, 9.17) is 11.6 Å². The molecule has 156 valence electrons. The van der Waals surface area contributed by atoms with Crippen molar-refractivity contribution in [1.82, 2.24) is 0 Å². The van der Waals surface area contributed by atoms with Crippen LogP contribution in [0.3, 0.4) is 0 Å². The van der Waals surface area contributed by atoms with Crippen LogP contribution in [0.4, 0.5) is 17.6 Å². The zero-order valence-electron chi connectivity index (χ0n) is 16.4. The largest absolute Gasteiger partial charge is 0.206 e. The Morgan fingerprint density at radius 2 is 1.42 bits per heavy atom. The summed E-state index contributed by atoms with van der Waals surface area (Å²) in [4.78, 5) is 0. The highest BCUT2D eigenvalue weighted by molar-refractivity contribution is 6.31. The molecule has 0 bridgehead atoms. The van der Waals surface area contributed by atoms with Gasteiger partial charge >= 0.3 is 0 Å². The third kappa shape index (κ3) is 4.08. The second kappa shape index (κ2) is 8.56. The SMILES string of the molecule is C=CCCc1ccc2c(F)c(-c3ccc(-c4cc(F)c(Cl)c(F)c4)c(F)c3)ccc2c1. The van der Waals surface area contributed by atoms with Crippen LogP contribution in [0.15, 0.2) is 73.3 Å². The summed E-state index contributed by atoms with van der Waals surface area (Å²) >= 11 is 5.49. The smallest absolute Gasteiger partial charge is 0.145 e. The third-order valence-electron chi connectivity index (χ3n) is 5.23. The Bertz CT molecular complexity index is 1290. The monoisotopic (exact) mass is 440 g/mol. The lowest BCUT2D eigenvalue weighted by molar-refractivity contribution is 0.584. The van der Waals surface area contributed by atoms with Crippen LogP contribution in [-0.2, 0) is 6.42 Å². The van der Waals surface area contributed by atoms with E-state index < -0.39 is 28.3 Å². The summed E-state index contributed by atoms with van der Waals surface area (Å²) in [5, 5.41) is 0.546. The average molecular weight is 441 g/mol. The van der Waals surface area contributed by atoms with Crippen molar-refractivity contribution in [1.29, 1.82) is 0 Å². The van der Waals surface area contributed by atoms with Crippen LogP contribution in [0.2, 0.25) is 5.02 Å². The molecule has 0 unspecified atom stereocenters. The Kier molecular flexibility index (Phi) is 5.84. The number of hydrogen-bond acceptors (Lipinski definition) is 0. The molecule has 0 spiro atoms. The van der Waals surface area contributed by atoms with E-state index in [1.165, 1.54) is 12.1 Å². The molecule has 0 atom stereocenters. The molecular weight excluding hydrogens is 424 g/mol. The first kappa shape index (κ1) is 21.1. The molecule has 4 aromatic rings. The van der Waals surface area contributed by atoms with Crippen molar-refractivity contribution >= 4 is 22.4 Å². The fraction of sp³-hybridized carbons (Fsp3) is 0.0769. The molecule has 0 amide bonds. The molecule has 0 aliphatic carbocycles. The quantitative estimate of drug-likeness (QED) is 0.166. The summed E-state index contributed by atoms with van der Waals surface area (Å²) in [6.45, 7) is 3.71. The van der Waals surface area contributed by atoms with Crippen LogP contribution >= 0.6 is 11.6 Å². The van der Waals surface area contributed by atoms with Crippen molar-refractivity contribution in [3.05, 3.63) is 107 Å². The minimum absolute atomic E-state index is 0.00808.